The van der Waals surface area contributed by atoms with Gasteiger partial charge in [0.15, 0.2) is 17.8 Å². The molecule has 0 saturated carbocycles. The number of hydrogen-bond acceptors (Lipinski definition) is 5. The van der Waals surface area contributed by atoms with Gasteiger partial charge >= 0.3 is 0 Å². The Balaban J connectivity index is 1.83. The fourth-order valence-corrected chi connectivity index (χ4v) is 3.23. The maximum absolute atomic E-state index is 11.3. The molecule has 1 N–H and O–H groups in total. The quantitative estimate of drug-likeness (QED) is 0.681. The van der Waals surface area contributed by atoms with Gasteiger partial charge in [0.25, 0.3) is 0 Å². The first kappa shape index (κ1) is 16.5. The van der Waals surface area contributed by atoms with Crippen LogP contribution in [-0.4, -0.2) is 49.3 Å². The van der Waals surface area contributed by atoms with E-state index in [1.54, 1.807) is 0 Å². The van der Waals surface area contributed by atoms with Crippen molar-refractivity contribution in [3.05, 3.63) is 41.0 Å². The van der Waals surface area contributed by atoms with Crippen LogP contribution in [0.5, 0.6) is 11.5 Å². The van der Waals surface area contributed by atoms with Gasteiger partial charge in [-0.15, -0.1) is 0 Å². The molecule has 0 spiro atoms. The molecule has 1 aromatic rings. The molecule has 0 amide bonds. The van der Waals surface area contributed by atoms with Crippen LogP contribution in [-0.2, 0) is 0 Å². The second-order valence-corrected chi connectivity index (χ2v) is 6.24. The summed E-state index contributed by atoms with van der Waals surface area (Å²) >= 11 is 0. The van der Waals surface area contributed by atoms with Gasteiger partial charge in [0.05, 0.1) is 12.8 Å². The summed E-state index contributed by atoms with van der Waals surface area (Å²) in [7, 11) is 3.54. The Morgan fingerprint density at radius 2 is 2.25 bits per heavy atom. The van der Waals surface area contributed by atoms with Crippen LogP contribution >= 0.6 is 0 Å². The molecular formula is C19H22N2O3. The zero-order valence-electron chi connectivity index (χ0n) is 14.0. The highest BCUT2D eigenvalue weighted by Gasteiger charge is 2.24. The van der Waals surface area contributed by atoms with Crippen molar-refractivity contribution < 1.29 is 14.6 Å². The van der Waals surface area contributed by atoms with E-state index in [-0.39, 0.29) is 17.5 Å². The van der Waals surface area contributed by atoms with Crippen LogP contribution in [0, 0.1) is 0 Å². The molecule has 1 unspecified atom stereocenters. The lowest BCUT2D eigenvalue weighted by Crippen LogP contribution is -2.39. The van der Waals surface area contributed by atoms with Crippen molar-refractivity contribution in [3.63, 3.8) is 0 Å². The van der Waals surface area contributed by atoms with Gasteiger partial charge in [-0.25, -0.2) is 0 Å². The van der Waals surface area contributed by atoms with Gasteiger partial charge in [-0.1, -0.05) is 17.7 Å². The van der Waals surface area contributed by atoms with Crippen molar-refractivity contribution in [3.8, 4) is 11.5 Å². The van der Waals surface area contributed by atoms with E-state index < -0.39 is 0 Å². The van der Waals surface area contributed by atoms with Crippen molar-refractivity contribution in [2.75, 3.05) is 20.7 Å². The monoisotopic (exact) mass is 326 g/mol. The summed E-state index contributed by atoms with van der Waals surface area (Å²) in [6.07, 6.45) is 10.2. The number of rotatable bonds is 4. The molecule has 1 atom stereocenters. The van der Waals surface area contributed by atoms with Gasteiger partial charge in [-0.05, 0) is 37.9 Å². The number of methoxy groups -OCH3 is 1. The Kier molecular flexibility index (Phi) is 4.81. The minimum atomic E-state index is -0.0209. The third-order valence-corrected chi connectivity index (χ3v) is 4.66. The number of aldehydes is 1. The van der Waals surface area contributed by atoms with Gasteiger partial charge in [0, 0.05) is 30.4 Å². The molecule has 1 aliphatic carbocycles. The number of phenolic OH excluding ortho intramolecular Hbond substituents is 1. The number of hydrogen-bond donors (Lipinski definition) is 1. The second kappa shape index (κ2) is 7.01. The third-order valence-electron chi connectivity index (χ3n) is 4.66. The van der Waals surface area contributed by atoms with Crippen molar-refractivity contribution in [1.82, 2.24) is 4.90 Å². The molecule has 0 aromatic heterocycles. The van der Waals surface area contributed by atoms with Crippen molar-refractivity contribution >= 4 is 18.2 Å². The molecule has 1 aromatic carbocycles. The molecule has 0 saturated heterocycles. The topological polar surface area (TPSA) is 62.1 Å². The number of aromatic hydroxyl groups is 1. The van der Waals surface area contributed by atoms with E-state index in [9.17, 15) is 9.90 Å². The molecule has 0 radical (unpaired) electrons. The van der Waals surface area contributed by atoms with Gasteiger partial charge < -0.3 is 9.84 Å². The van der Waals surface area contributed by atoms with Gasteiger partial charge in [0.2, 0.25) is 0 Å². The van der Waals surface area contributed by atoms with E-state index in [1.165, 1.54) is 30.4 Å². The Labute approximate surface area is 142 Å². The normalized spacial score (nSPS) is 21.2. The fourth-order valence-electron chi connectivity index (χ4n) is 3.23. The molecule has 5 nitrogen and oxygen atoms in total. The van der Waals surface area contributed by atoms with Crippen LogP contribution in [0.2, 0.25) is 0 Å². The average molecular weight is 326 g/mol. The summed E-state index contributed by atoms with van der Waals surface area (Å²) in [6.45, 7) is 0.949. The van der Waals surface area contributed by atoms with Crippen LogP contribution < -0.4 is 4.74 Å². The zero-order valence-corrected chi connectivity index (χ0v) is 14.0. The molecule has 24 heavy (non-hydrogen) atoms. The Morgan fingerprint density at radius 1 is 1.42 bits per heavy atom. The smallest absolute Gasteiger partial charge is 0.161 e. The van der Waals surface area contributed by atoms with Crippen LogP contribution in [0.15, 0.2) is 40.4 Å². The summed E-state index contributed by atoms with van der Waals surface area (Å²) in [5.41, 5.74) is 3.77. The first-order chi connectivity index (χ1) is 11.6. The Hall–Kier alpha value is -2.40. The van der Waals surface area contributed by atoms with Crippen LogP contribution in [0.4, 0.5) is 5.69 Å². The molecule has 0 bridgehead atoms. The predicted molar refractivity (Wildman–Crippen MR) is 94.6 cm³/mol. The standard InChI is InChI=1S/C19H22N2O3/c1-21-11-14-6-4-3-5-13(14)7-16(21)10-20-17-9-18(23)19(24-2)8-15(17)12-22/h3,5,8-10,12,16,23H,4,6-7,11H2,1-2H3. The van der Waals surface area contributed by atoms with E-state index in [0.29, 0.717) is 11.3 Å². The summed E-state index contributed by atoms with van der Waals surface area (Å²) in [6, 6.07) is 3.15. The first-order valence-electron chi connectivity index (χ1n) is 8.10. The van der Waals surface area contributed by atoms with E-state index in [1.807, 2.05) is 6.21 Å². The van der Waals surface area contributed by atoms with Crippen LogP contribution in [0.1, 0.15) is 29.6 Å². The molecule has 1 heterocycles. The van der Waals surface area contributed by atoms with Gasteiger partial charge in [0.1, 0.15) is 0 Å². The van der Waals surface area contributed by atoms with Gasteiger partial charge in [-0.3, -0.25) is 14.7 Å². The Bertz CT molecular complexity index is 734. The SMILES string of the molecule is COc1cc(C=O)c(N=CC2CC3=C(CCC=C3)CN2C)cc1O. The number of benzene rings is 1. The third kappa shape index (κ3) is 3.26. The minimum Gasteiger partial charge on any atom is -0.504 e. The van der Waals surface area contributed by atoms with E-state index in [2.05, 4.69) is 29.1 Å². The minimum absolute atomic E-state index is 0.0209. The largest absolute Gasteiger partial charge is 0.504 e. The van der Waals surface area contributed by atoms with Crippen molar-refractivity contribution in [1.29, 1.82) is 0 Å². The molecule has 3 rings (SSSR count). The second-order valence-electron chi connectivity index (χ2n) is 6.24. The maximum atomic E-state index is 11.3. The summed E-state index contributed by atoms with van der Waals surface area (Å²) in [5, 5.41) is 9.91. The van der Waals surface area contributed by atoms with Crippen molar-refractivity contribution in [2.24, 2.45) is 4.99 Å². The lowest BCUT2D eigenvalue weighted by Gasteiger charge is -2.34. The number of aliphatic imine (C=N–C) groups is 1. The van der Waals surface area contributed by atoms with E-state index >= 15 is 0 Å². The van der Waals surface area contributed by atoms with E-state index in [0.717, 1.165) is 32.1 Å². The number of likely N-dealkylation sites (N-methyl/N-ethyl adjacent to an activating group) is 1. The van der Waals surface area contributed by atoms with E-state index in [4.69, 9.17) is 4.74 Å². The fraction of sp³-hybridized carbons (Fsp3) is 0.368. The molecular weight excluding hydrogens is 304 g/mol. The highest BCUT2D eigenvalue weighted by molar-refractivity contribution is 5.87. The molecule has 1 aliphatic heterocycles. The molecule has 0 fully saturated rings. The Morgan fingerprint density at radius 3 is 3.00 bits per heavy atom. The highest BCUT2D eigenvalue weighted by Crippen LogP contribution is 2.34. The maximum Gasteiger partial charge on any atom is 0.161 e. The van der Waals surface area contributed by atoms with Crippen molar-refractivity contribution in [2.45, 2.75) is 25.3 Å². The number of carbonyl (C=O) groups excluding carboxylic acids is 1. The molecule has 2 aliphatic rings. The lowest BCUT2D eigenvalue weighted by molar-refractivity contribution is 0.112. The number of phenols is 1. The number of ether oxygens (including phenoxy) is 1. The van der Waals surface area contributed by atoms with Crippen LogP contribution in [0.25, 0.3) is 0 Å². The summed E-state index contributed by atoms with van der Waals surface area (Å²) < 4.78 is 5.03. The predicted octanol–water partition coefficient (Wildman–Crippen LogP) is 3.27. The summed E-state index contributed by atoms with van der Waals surface area (Å²) in [4.78, 5) is 18.0. The molecule has 5 heteroatoms. The average Bonchev–Trinajstić information content (AvgIpc) is 2.60. The van der Waals surface area contributed by atoms with Gasteiger partial charge in [-0.2, -0.15) is 0 Å². The molecule has 126 valence electrons. The van der Waals surface area contributed by atoms with Crippen LogP contribution in [0.3, 0.4) is 0 Å². The first-order valence-corrected chi connectivity index (χ1v) is 8.10. The number of carbonyl (C=O) groups is 1. The zero-order chi connectivity index (χ0) is 17.1. The summed E-state index contributed by atoms with van der Waals surface area (Å²) in [5.74, 6) is 0.250. The highest BCUT2D eigenvalue weighted by atomic mass is 16.5. The number of allylic oxidation sites excluding steroid dienone is 2. The number of nitrogens with zero attached hydrogens (tertiary/aromatic N) is 2. The lowest BCUT2D eigenvalue weighted by atomic mass is 9.89.